The van der Waals surface area contributed by atoms with Crippen molar-refractivity contribution in [3.8, 4) is 11.5 Å². The van der Waals surface area contributed by atoms with Gasteiger partial charge in [0.1, 0.15) is 18.1 Å². The molecule has 0 fully saturated rings. The third-order valence-electron chi connectivity index (χ3n) is 4.59. The number of halogens is 1. The highest BCUT2D eigenvalue weighted by Gasteiger charge is 2.09. The zero-order valence-electron chi connectivity index (χ0n) is 17.3. The third kappa shape index (κ3) is 6.49. The minimum absolute atomic E-state index is 0.144. The Balaban J connectivity index is 1.46. The molecule has 6 nitrogen and oxygen atoms in total. The van der Waals surface area contributed by atoms with Gasteiger partial charge in [-0.1, -0.05) is 35.9 Å². The highest BCUT2D eigenvalue weighted by Crippen LogP contribution is 2.22. The van der Waals surface area contributed by atoms with E-state index in [1.54, 1.807) is 61.7 Å². The van der Waals surface area contributed by atoms with E-state index >= 15 is 0 Å². The first-order chi connectivity index (χ1) is 14.9. The van der Waals surface area contributed by atoms with Gasteiger partial charge in [-0.15, -0.1) is 0 Å². The maximum absolute atomic E-state index is 12.3. The number of nitrogens with one attached hydrogen (secondary N) is 2. The fourth-order valence-electron chi connectivity index (χ4n) is 2.80. The lowest BCUT2D eigenvalue weighted by Crippen LogP contribution is -2.42. The van der Waals surface area contributed by atoms with E-state index in [4.69, 9.17) is 21.1 Å². The fraction of sp³-hybridized carbons (Fsp3) is 0.167. The molecule has 0 bridgehead atoms. The van der Waals surface area contributed by atoms with Crippen LogP contribution in [0.4, 0.5) is 0 Å². The molecule has 3 rings (SSSR count). The molecule has 31 heavy (non-hydrogen) atoms. The Morgan fingerprint density at radius 1 is 0.871 bits per heavy atom. The molecule has 0 saturated carbocycles. The monoisotopic (exact) mass is 438 g/mol. The minimum atomic E-state index is -0.399. The number of rotatable bonds is 7. The molecule has 0 spiro atoms. The number of carbonyl (C=O) groups excluding carboxylic acids is 2. The van der Waals surface area contributed by atoms with Crippen LogP contribution in [0, 0.1) is 6.92 Å². The maximum Gasteiger partial charge on any atom is 0.269 e. The molecular formula is C24H23ClN2O4. The van der Waals surface area contributed by atoms with Gasteiger partial charge in [-0.2, -0.15) is 0 Å². The number of hydrogen-bond acceptors (Lipinski definition) is 4. The lowest BCUT2D eigenvalue weighted by Gasteiger charge is -2.10. The van der Waals surface area contributed by atoms with Crippen molar-refractivity contribution >= 4 is 23.4 Å². The SMILES string of the molecule is COc1ccc(CC(=O)NNC(=O)c2ccc(COc3ccc(Cl)c(C)c3)cc2)cc1. The van der Waals surface area contributed by atoms with Crippen LogP contribution in [0.3, 0.4) is 0 Å². The van der Waals surface area contributed by atoms with Crippen molar-refractivity contribution in [3.05, 3.63) is 94.0 Å². The van der Waals surface area contributed by atoms with Crippen molar-refractivity contribution in [1.29, 1.82) is 0 Å². The first-order valence-electron chi connectivity index (χ1n) is 9.64. The van der Waals surface area contributed by atoms with Gasteiger partial charge in [0.15, 0.2) is 0 Å². The quantitative estimate of drug-likeness (QED) is 0.541. The summed E-state index contributed by atoms with van der Waals surface area (Å²) >= 11 is 6.02. The number of carbonyl (C=O) groups is 2. The first-order valence-corrected chi connectivity index (χ1v) is 10.0. The number of hydrazine groups is 1. The van der Waals surface area contributed by atoms with Gasteiger partial charge in [-0.05, 0) is 66.1 Å². The molecule has 3 aromatic rings. The maximum atomic E-state index is 12.3. The standard InChI is InChI=1S/C24H23ClN2O4/c1-16-13-21(11-12-22(16)25)31-15-18-3-7-19(8-4-18)24(29)27-26-23(28)14-17-5-9-20(30-2)10-6-17/h3-13H,14-15H2,1-2H3,(H,26,28)(H,27,29). The lowest BCUT2D eigenvalue weighted by atomic mass is 10.1. The van der Waals surface area contributed by atoms with Crippen LogP contribution in [0.25, 0.3) is 0 Å². The van der Waals surface area contributed by atoms with Crippen molar-refractivity contribution in [1.82, 2.24) is 10.9 Å². The van der Waals surface area contributed by atoms with E-state index in [0.717, 1.165) is 28.2 Å². The zero-order chi connectivity index (χ0) is 22.2. The van der Waals surface area contributed by atoms with Crippen LogP contribution in [0.2, 0.25) is 5.02 Å². The van der Waals surface area contributed by atoms with E-state index in [1.807, 2.05) is 19.1 Å². The zero-order valence-corrected chi connectivity index (χ0v) is 18.0. The number of benzene rings is 3. The second-order valence-electron chi connectivity index (χ2n) is 6.92. The predicted octanol–water partition coefficient (Wildman–Crippen LogP) is 4.24. The third-order valence-corrected chi connectivity index (χ3v) is 5.01. The molecule has 7 heteroatoms. The van der Waals surface area contributed by atoms with E-state index < -0.39 is 5.91 Å². The van der Waals surface area contributed by atoms with Gasteiger partial charge >= 0.3 is 0 Å². The van der Waals surface area contributed by atoms with Crippen molar-refractivity contribution in [2.24, 2.45) is 0 Å². The van der Waals surface area contributed by atoms with E-state index in [0.29, 0.717) is 17.2 Å². The summed E-state index contributed by atoms with van der Waals surface area (Å²) in [7, 11) is 1.58. The summed E-state index contributed by atoms with van der Waals surface area (Å²) in [6.45, 7) is 2.28. The largest absolute Gasteiger partial charge is 0.497 e. The van der Waals surface area contributed by atoms with Gasteiger partial charge in [0.05, 0.1) is 13.5 Å². The van der Waals surface area contributed by atoms with Crippen LogP contribution in [0.15, 0.2) is 66.7 Å². The Bertz CT molecular complexity index is 1050. The van der Waals surface area contributed by atoms with Gasteiger partial charge in [-0.3, -0.25) is 20.4 Å². The fourth-order valence-corrected chi connectivity index (χ4v) is 2.92. The summed E-state index contributed by atoms with van der Waals surface area (Å²) in [4.78, 5) is 24.3. The Hall–Kier alpha value is -3.51. The molecule has 2 N–H and O–H groups in total. The molecule has 0 saturated heterocycles. The van der Waals surface area contributed by atoms with E-state index in [1.165, 1.54) is 0 Å². The number of hydrogen-bond donors (Lipinski definition) is 2. The molecule has 0 aliphatic rings. The van der Waals surface area contributed by atoms with E-state index in [9.17, 15) is 9.59 Å². The van der Waals surface area contributed by atoms with Crippen LogP contribution in [-0.2, 0) is 17.8 Å². The van der Waals surface area contributed by atoms with Gasteiger partial charge in [-0.25, -0.2) is 0 Å². The Morgan fingerprint density at radius 3 is 2.16 bits per heavy atom. The molecule has 0 heterocycles. The molecule has 2 amide bonds. The molecule has 0 unspecified atom stereocenters. The molecule has 0 radical (unpaired) electrons. The lowest BCUT2D eigenvalue weighted by molar-refractivity contribution is -0.121. The van der Waals surface area contributed by atoms with Gasteiger partial charge in [0.25, 0.3) is 5.91 Å². The van der Waals surface area contributed by atoms with Crippen LogP contribution in [-0.4, -0.2) is 18.9 Å². The summed E-state index contributed by atoms with van der Waals surface area (Å²) in [5.41, 5.74) is 7.94. The van der Waals surface area contributed by atoms with Crippen molar-refractivity contribution in [2.75, 3.05) is 7.11 Å². The van der Waals surface area contributed by atoms with E-state index in [2.05, 4.69) is 10.9 Å². The molecule has 3 aromatic carbocycles. The summed E-state index contributed by atoms with van der Waals surface area (Å²) < 4.78 is 10.8. The second-order valence-corrected chi connectivity index (χ2v) is 7.33. The first kappa shape index (κ1) is 22.2. The average molecular weight is 439 g/mol. The van der Waals surface area contributed by atoms with Crippen LogP contribution >= 0.6 is 11.6 Å². The predicted molar refractivity (Wildman–Crippen MR) is 119 cm³/mol. The average Bonchev–Trinajstić information content (AvgIpc) is 2.79. The normalized spacial score (nSPS) is 10.3. The Morgan fingerprint density at radius 2 is 1.52 bits per heavy atom. The summed E-state index contributed by atoms with van der Waals surface area (Å²) in [6, 6.07) is 19.6. The topological polar surface area (TPSA) is 76.7 Å². The summed E-state index contributed by atoms with van der Waals surface area (Å²) in [5.74, 6) is 0.726. The second kappa shape index (κ2) is 10.5. The molecule has 0 aliphatic heterocycles. The number of aryl methyl sites for hydroxylation is 1. The minimum Gasteiger partial charge on any atom is -0.497 e. The van der Waals surface area contributed by atoms with Gasteiger partial charge < -0.3 is 9.47 Å². The Labute approximate surface area is 186 Å². The molecular weight excluding hydrogens is 416 g/mol. The van der Waals surface area contributed by atoms with Crippen molar-refractivity contribution in [3.63, 3.8) is 0 Å². The van der Waals surface area contributed by atoms with Crippen LogP contribution in [0.1, 0.15) is 27.0 Å². The van der Waals surface area contributed by atoms with Crippen LogP contribution in [0.5, 0.6) is 11.5 Å². The highest BCUT2D eigenvalue weighted by molar-refractivity contribution is 6.31. The molecule has 160 valence electrons. The Kier molecular flexibility index (Phi) is 7.51. The van der Waals surface area contributed by atoms with Gasteiger partial charge in [0.2, 0.25) is 5.91 Å². The van der Waals surface area contributed by atoms with Crippen molar-refractivity contribution < 1.29 is 19.1 Å². The summed E-state index contributed by atoms with van der Waals surface area (Å²) in [6.07, 6.45) is 0.144. The molecule has 0 aliphatic carbocycles. The van der Waals surface area contributed by atoms with E-state index in [-0.39, 0.29) is 12.3 Å². The number of ether oxygens (including phenoxy) is 2. The molecule has 0 aromatic heterocycles. The van der Waals surface area contributed by atoms with Crippen molar-refractivity contribution in [2.45, 2.75) is 20.0 Å². The smallest absolute Gasteiger partial charge is 0.269 e. The summed E-state index contributed by atoms with van der Waals surface area (Å²) in [5, 5.41) is 0.693. The highest BCUT2D eigenvalue weighted by atomic mass is 35.5. The van der Waals surface area contributed by atoms with Crippen LogP contribution < -0.4 is 20.3 Å². The number of methoxy groups -OCH3 is 1. The van der Waals surface area contributed by atoms with Gasteiger partial charge in [0, 0.05) is 10.6 Å². The number of amides is 2. The molecule has 0 atom stereocenters.